The highest BCUT2D eigenvalue weighted by molar-refractivity contribution is 5.75. The van der Waals surface area contributed by atoms with E-state index in [9.17, 15) is 9.59 Å². The molecule has 0 unspecified atom stereocenters. The maximum atomic E-state index is 12.7. The zero-order chi connectivity index (χ0) is 28.1. The standard InChI is InChI=1S/C33H48N2O4/c1-5-7-9-11-21-33(3,4)22-30(36)38-29-23-34-31(35-24-29)26-17-19-28(20-18-26)39-32(37)27-15-13-25(14-16-27)12-10-8-6-2/h17-20,23-25,27H,5-16,21-22H2,1-4H3. The van der Waals surface area contributed by atoms with Crippen LogP contribution in [0.15, 0.2) is 36.7 Å². The zero-order valence-corrected chi connectivity index (χ0v) is 24.5. The molecule has 0 amide bonds. The highest BCUT2D eigenvalue weighted by Crippen LogP contribution is 2.33. The van der Waals surface area contributed by atoms with Gasteiger partial charge in [-0.3, -0.25) is 9.59 Å². The number of carbonyl (C=O) groups excluding carboxylic acids is 2. The summed E-state index contributed by atoms with van der Waals surface area (Å²) in [7, 11) is 0. The lowest BCUT2D eigenvalue weighted by Crippen LogP contribution is -2.25. The molecule has 39 heavy (non-hydrogen) atoms. The Morgan fingerprint density at radius 1 is 0.821 bits per heavy atom. The van der Waals surface area contributed by atoms with Crippen LogP contribution in [0.5, 0.6) is 11.5 Å². The van der Waals surface area contributed by atoms with Gasteiger partial charge in [0.05, 0.1) is 24.7 Å². The van der Waals surface area contributed by atoms with Crippen LogP contribution >= 0.6 is 0 Å². The molecule has 0 N–H and O–H groups in total. The first-order chi connectivity index (χ1) is 18.8. The molecule has 1 saturated carbocycles. The molecular formula is C33H48N2O4. The molecule has 3 rings (SSSR count). The Balaban J connectivity index is 1.44. The summed E-state index contributed by atoms with van der Waals surface area (Å²) in [5.41, 5.74) is 0.707. The van der Waals surface area contributed by atoms with Crippen molar-refractivity contribution in [2.75, 3.05) is 0 Å². The molecule has 6 nitrogen and oxygen atoms in total. The Morgan fingerprint density at radius 2 is 1.46 bits per heavy atom. The molecule has 0 bridgehead atoms. The van der Waals surface area contributed by atoms with Crippen molar-refractivity contribution < 1.29 is 19.1 Å². The van der Waals surface area contributed by atoms with Crippen LogP contribution in [-0.4, -0.2) is 21.9 Å². The first kappa shape index (κ1) is 30.8. The van der Waals surface area contributed by atoms with Gasteiger partial charge in [-0.1, -0.05) is 79.1 Å². The predicted octanol–water partition coefficient (Wildman–Crippen LogP) is 8.73. The first-order valence-corrected chi connectivity index (χ1v) is 15.1. The summed E-state index contributed by atoms with van der Waals surface area (Å²) < 4.78 is 11.2. The Hall–Kier alpha value is -2.76. The molecule has 1 fully saturated rings. The topological polar surface area (TPSA) is 78.4 Å². The van der Waals surface area contributed by atoms with Crippen molar-refractivity contribution in [2.24, 2.45) is 17.3 Å². The molecule has 0 spiro atoms. The number of hydrogen-bond acceptors (Lipinski definition) is 6. The smallest absolute Gasteiger partial charge is 0.314 e. The molecule has 6 heteroatoms. The highest BCUT2D eigenvalue weighted by Gasteiger charge is 2.27. The van der Waals surface area contributed by atoms with Crippen molar-refractivity contribution in [3.63, 3.8) is 0 Å². The summed E-state index contributed by atoms with van der Waals surface area (Å²) in [6, 6.07) is 7.25. The second-order valence-electron chi connectivity index (χ2n) is 12.0. The third-order valence-electron chi connectivity index (χ3n) is 7.92. The summed E-state index contributed by atoms with van der Waals surface area (Å²) in [5.74, 6) is 1.78. The van der Waals surface area contributed by atoms with Gasteiger partial charge in [-0.2, -0.15) is 0 Å². The molecule has 1 aliphatic carbocycles. The van der Waals surface area contributed by atoms with Gasteiger partial charge in [0.25, 0.3) is 0 Å². The number of benzene rings is 1. The van der Waals surface area contributed by atoms with E-state index in [1.54, 1.807) is 12.1 Å². The second-order valence-corrected chi connectivity index (χ2v) is 12.0. The molecular weight excluding hydrogens is 488 g/mol. The minimum atomic E-state index is -0.261. The largest absolute Gasteiger partial charge is 0.426 e. The molecule has 0 saturated heterocycles. The van der Waals surface area contributed by atoms with Gasteiger partial charge in [-0.05, 0) is 67.7 Å². The number of unbranched alkanes of at least 4 members (excludes halogenated alkanes) is 5. The molecule has 0 atom stereocenters. The summed E-state index contributed by atoms with van der Waals surface area (Å²) in [6.07, 6.45) is 18.5. The van der Waals surface area contributed by atoms with Crippen LogP contribution in [0.25, 0.3) is 11.4 Å². The van der Waals surface area contributed by atoms with E-state index in [1.165, 1.54) is 57.3 Å². The van der Waals surface area contributed by atoms with E-state index in [4.69, 9.17) is 9.47 Å². The van der Waals surface area contributed by atoms with Gasteiger partial charge in [-0.25, -0.2) is 9.97 Å². The van der Waals surface area contributed by atoms with Gasteiger partial charge < -0.3 is 9.47 Å². The number of hydrogen-bond donors (Lipinski definition) is 0. The third-order valence-corrected chi connectivity index (χ3v) is 7.92. The van der Waals surface area contributed by atoms with Crippen molar-refractivity contribution in [1.29, 1.82) is 0 Å². The first-order valence-electron chi connectivity index (χ1n) is 15.1. The lowest BCUT2D eigenvalue weighted by molar-refractivity contribution is -0.140. The van der Waals surface area contributed by atoms with Gasteiger partial charge in [0, 0.05) is 5.56 Å². The van der Waals surface area contributed by atoms with E-state index >= 15 is 0 Å². The Kier molecular flexibility index (Phi) is 12.4. The molecule has 0 aliphatic heterocycles. The van der Waals surface area contributed by atoms with Crippen LogP contribution in [0.4, 0.5) is 0 Å². The summed E-state index contributed by atoms with van der Waals surface area (Å²) in [4.78, 5) is 33.9. The van der Waals surface area contributed by atoms with E-state index in [-0.39, 0.29) is 23.3 Å². The zero-order valence-electron chi connectivity index (χ0n) is 24.5. The SMILES string of the molecule is CCCCCCC(C)(C)CC(=O)Oc1cnc(-c2ccc(OC(=O)C3CCC(CCCCC)CC3)cc2)nc1. The number of carbonyl (C=O) groups is 2. The van der Waals surface area contributed by atoms with E-state index in [0.29, 0.717) is 23.7 Å². The van der Waals surface area contributed by atoms with Gasteiger partial charge in [-0.15, -0.1) is 0 Å². The normalized spacial score (nSPS) is 17.5. The van der Waals surface area contributed by atoms with E-state index in [1.807, 2.05) is 12.1 Å². The lowest BCUT2D eigenvalue weighted by Gasteiger charge is -2.27. The van der Waals surface area contributed by atoms with Crippen molar-refractivity contribution in [3.05, 3.63) is 36.7 Å². The summed E-state index contributed by atoms with van der Waals surface area (Å²) in [6.45, 7) is 8.66. The average molecular weight is 537 g/mol. The van der Waals surface area contributed by atoms with Gasteiger partial charge in [0.2, 0.25) is 0 Å². The fourth-order valence-electron chi connectivity index (χ4n) is 5.44. The molecule has 2 aromatic rings. The molecule has 1 aliphatic rings. The average Bonchev–Trinajstić information content (AvgIpc) is 2.92. The number of ether oxygens (including phenoxy) is 2. The fourth-order valence-corrected chi connectivity index (χ4v) is 5.44. The highest BCUT2D eigenvalue weighted by atomic mass is 16.5. The third kappa shape index (κ3) is 10.7. The van der Waals surface area contributed by atoms with Crippen molar-refractivity contribution in [1.82, 2.24) is 9.97 Å². The lowest BCUT2D eigenvalue weighted by atomic mass is 9.80. The number of aromatic nitrogens is 2. The summed E-state index contributed by atoms with van der Waals surface area (Å²) >= 11 is 0. The molecule has 1 aromatic heterocycles. The second kappa shape index (κ2) is 15.7. The van der Waals surface area contributed by atoms with Crippen molar-refractivity contribution >= 4 is 11.9 Å². The molecule has 1 aromatic carbocycles. The maximum absolute atomic E-state index is 12.7. The number of esters is 2. The minimum Gasteiger partial charge on any atom is -0.426 e. The number of rotatable bonds is 15. The Bertz CT molecular complexity index is 1010. The monoisotopic (exact) mass is 536 g/mol. The molecule has 214 valence electrons. The van der Waals surface area contributed by atoms with Crippen LogP contribution in [0, 0.1) is 17.3 Å². The van der Waals surface area contributed by atoms with E-state index in [2.05, 4.69) is 37.7 Å². The van der Waals surface area contributed by atoms with Crippen LogP contribution in [0.2, 0.25) is 0 Å². The molecule has 1 heterocycles. The van der Waals surface area contributed by atoms with Crippen molar-refractivity contribution in [2.45, 2.75) is 118 Å². The fraction of sp³-hybridized carbons (Fsp3) is 0.636. The van der Waals surface area contributed by atoms with E-state index in [0.717, 1.165) is 50.0 Å². The Labute approximate surface area is 235 Å². The van der Waals surface area contributed by atoms with Gasteiger partial charge in [0.1, 0.15) is 5.75 Å². The van der Waals surface area contributed by atoms with Crippen LogP contribution in [-0.2, 0) is 9.59 Å². The maximum Gasteiger partial charge on any atom is 0.314 e. The van der Waals surface area contributed by atoms with Gasteiger partial charge in [0.15, 0.2) is 11.6 Å². The summed E-state index contributed by atoms with van der Waals surface area (Å²) in [5, 5.41) is 0. The minimum absolute atomic E-state index is 0.00248. The van der Waals surface area contributed by atoms with Crippen LogP contribution < -0.4 is 9.47 Å². The predicted molar refractivity (Wildman–Crippen MR) is 155 cm³/mol. The quantitative estimate of drug-likeness (QED) is 0.129. The van der Waals surface area contributed by atoms with Gasteiger partial charge >= 0.3 is 11.9 Å². The van der Waals surface area contributed by atoms with E-state index < -0.39 is 0 Å². The Morgan fingerprint density at radius 3 is 2.10 bits per heavy atom. The van der Waals surface area contributed by atoms with Crippen molar-refractivity contribution in [3.8, 4) is 22.9 Å². The van der Waals surface area contributed by atoms with Crippen LogP contribution in [0.3, 0.4) is 0 Å². The number of nitrogens with zero attached hydrogens (tertiary/aromatic N) is 2. The molecule has 0 radical (unpaired) electrons. The van der Waals surface area contributed by atoms with Crippen LogP contribution in [0.1, 0.15) is 118 Å².